The van der Waals surface area contributed by atoms with Gasteiger partial charge in [0.2, 0.25) is 11.2 Å². The fourth-order valence-corrected chi connectivity index (χ4v) is 1.75. The lowest BCUT2D eigenvalue weighted by atomic mass is 9.96. The number of benzene rings is 1. The molecule has 1 N–H and O–H groups in total. The van der Waals surface area contributed by atoms with Crippen LogP contribution >= 0.6 is 0 Å². The van der Waals surface area contributed by atoms with Crippen molar-refractivity contribution in [3.05, 3.63) is 23.8 Å². The van der Waals surface area contributed by atoms with Crippen LogP contribution in [0.5, 0.6) is 0 Å². The van der Waals surface area contributed by atoms with E-state index >= 15 is 0 Å². The molecule has 0 bridgehead atoms. The van der Waals surface area contributed by atoms with Gasteiger partial charge in [-0.3, -0.25) is 13.9 Å². The number of carboxylic acids is 1. The van der Waals surface area contributed by atoms with Crippen molar-refractivity contribution in [2.75, 3.05) is 0 Å². The zero-order valence-corrected chi connectivity index (χ0v) is 7.32. The number of fused-ring (bicyclic) bond motifs is 1. The molecule has 2 aromatic rings. The molecule has 1 saturated carbocycles. The fraction of sp³-hybridized carbons (Fsp3) is 0.300. The van der Waals surface area contributed by atoms with E-state index in [1.807, 2.05) is 0 Å². The van der Waals surface area contributed by atoms with E-state index in [1.54, 1.807) is 18.2 Å². The molecular formula is C10H8O4. The van der Waals surface area contributed by atoms with Crippen molar-refractivity contribution in [1.82, 2.24) is 0 Å². The van der Waals surface area contributed by atoms with Gasteiger partial charge in [0.1, 0.15) is 0 Å². The summed E-state index contributed by atoms with van der Waals surface area (Å²) in [6.07, 6.45) is 1.42. The van der Waals surface area contributed by atoms with Crippen molar-refractivity contribution in [3.63, 3.8) is 0 Å². The maximum absolute atomic E-state index is 11.0. The molecule has 1 aliphatic rings. The molecule has 0 spiro atoms. The molecule has 3 rings (SSSR count). The normalized spacial score (nSPS) is 18.6. The molecule has 1 aliphatic carbocycles. The molecule has 72 valence electrons. The van der Waals surface area contributed by atoms with Gasteiger partial charge < -0.3 is 5.11 Å². The van der Waals surface area contributed by atoms with Gasteiger partial charge in [0, 0.05) is 0 Å². The fourth-order valence-electron chi connectivity index (χ4n) is 1.75. The van der Waals surface area contributed by atoms with E-state index in [-0.39, 0.29) is 0 Å². The van der Waals surface area contributed by atoms with Crippen LogP contribution in [0, 0.1) is 0 Å². The Labute approximate surface area is 79.0 Å². The largest absolute Gasteiger partial charge is 0.481 e. The highest BCUT2D eigenvalue weighted by Gasteiger charge is 2.51. The number of aliphatic carboxylic acids is 1. The second kappa shape index (κ2) is 2.20. The smallest absolute Gasteiger partial charge is 0.314 e. The molecule has 1 fully saturated rings. The third kappa shape index (κ3) is 0.801. The monoisotopic (exact) mass is 192 g/mol. The van der Waals surface area contributed by atoms with Crippen LogP contribution < -0.4 is 0 Å². The molecule has 0 aliphatic heterocycles. The Morgan fingerprint density at radius 2 is 2.00 bits per heavy atom. The van der Waals surface area contributed by atoms with Crippen LogP contribution in [0.2, 0.25) is 0 Å². The minimum absolute atomic E-state index is 0.634. The SMILES string of the molecule is O=C(O)C1(c2ccc3ooc3c2)CC1. The first-order chi connectivity index (χ1) is 6.72. The Morgan fingerprint density at radius 1 is 1.29 bits per heavy atom. The molecule has 0 amide bonds. The van der Waals surface area contributed by atoms with Crippen molar-refractivity contribution >= 4 is 17.1 Å². The lowest BCUT2D eigenvalue weighted by Crippen LogP contribution is -2.19. The third-order valence-corrected chi connectivity index (χ3v) is 2.88. The topological polar surface area (TPSA) is 63.6 Å². The number of carboxylic acid groups (broad SMARTS) is 1. The standard InChI is InChI=1S/C10H8O4/c11-9(12)10(3-4-10)6-1-2-7-8(5-6)14-13-7/h1-2,5H,3-4H2,(H,11,12). The number of rotatable bonds is 2. The number of carbonyl (C=O) groups is 1. The van der Waals surface area contributed by atoms with Crippen molar-refractivity contribution in [2.24, 2.45) is 0 Å². The minimum Gasteiger partial charge on any atom is -0.481 e. The summed E-state index contributed by atoms with van der Waals surface area (Å²) in [6.45, 7) is 0. The van der Waals surface area contributed by atoms with Gasteiger partial charge in [0.05, 0.1) is 5.41 Å². The van der Waals surface area contributed by atoms with Crippen molar-refractivity contribution < 1.29 is 19.1 Å². The van der Waals surface area contributed by atoms with E-state index < -0.39 is 11.4 Å². The summed E-state index contributed by atoms with van der Waals surface area (Å²) in [5.41, 5.74) is 1.46. The van der Waals surface area contributed by atoms with Crippen LogP contribution in [0.15, 0.2) is 27.4 Å². The summed E-state index contributed by atoms with van der Waals surface area (Å²) in [4.78, 5) is 11.0. The summed E-state index contributed by atoms with van der Waals surface area (Å²) in [5, 5.41) is 9.06. The van der Waals surface area contributed by atoms with Gasteiger partial charge in [-0.15, -0.1) is 0 Å². The predicted octanol–water partition coefficient (Wildman–Crippen LogP) is 2.14. The molecule has 4 nitrogen and oxygen atoms in total. The highest BCUT2D eigenvalue weighted by atomic mass is 17.0. The molecule has 14 heavy (non-hydrogen) atoms. The summed E-state index contributed by atoms with van der Waals surface area (Å²) in [7, 11) is 0. The maximum Gasteiger partial charge on any atom is 0.314 e. The van der Waals surface area contributed by atoms with E-state index in [0.29, 0.717) is 24.0 Å². The van der Waals surface area contributed by atoms with Crippen LogP contribution in [0.1, 0.15) is 18.4 Å². The average Bonchev–Trinajstić information content (AvgIpc) is 2.87. The van der Waals surface area contributed by atoms with Gasteiger partial charge in [-0.2, -0.15) is 0 Å². The molecule has 0 radical (unpaired) electrons. The third-order valence-electron chi connectivity index (χ3n) is 2.88. The summed E-state index contributed by atoms with van der Waals surface area (Å²) in [5.74, 6) is -0.752. The molecule has 4 heteroatoms. The Hall–Kier alpha value is -1.71. The maximum atomic E-state index is 11.0. The highest BCUT2D eigenvalue weighted by Crippen LogP contribution is 2.49. The zero-order chi connectivity index (χ0) is 9.76. The Morgan fingerprint density at radius 3 is 2.43 bits per heavy atom. The average molecular weight is 192 g/mol. The second-order valence-corrected chi connectivity index (χ2v) is 3.72. The Balaban J connectivity index is 2.11. The molecule has 0 atom stereocenters. The Bertz CT molecular complexity index is 501. The summed E-state index contributed by atoms with van der Waals surface area (Å²) >= 11 is 0. The summed E-state index contributed by atoms with van der Waals surface area (Å²) in [6, 6.07) is 5.29. The predicted molar refractivity (Wildman–Crippen MR) is 47.0 cm³/mol. The second-order valence-electron chi connectivity index (χ2n) is 3.72. The first kappa shape index (κ1) is 7.67. The number of hydrogen-bond donors (Lipinski definition) is 1. The first-order valence-electron chi connectivity index (χ1n) is 4.45. The van der Waals surface area contributed by atoms with E-state index in [2.05, 4.69) is 4.58 Å². The zero-order valence-electron chi connectivity index (χ0n) is 7.32. The van der Waals surface area contributed by atoms with Gasteiger partial charge >= 0.3 is 5.97 Å². The van der Waals surface area contributed by atoms with Crippen LogP contribution in [0.3, 0.4) is 0 Å². The van der Waals surface area contributed by atoms with Crippen molar-refractivity contribution in [3.8, 4) is 0 Å². The van der Waals surface area contributed by atoms with Gasteiger partial charge in [0.15, 0.2) is 0 Å². The van der Waals surface area contributed by atoms with Crippen LogP contribution in [0.4, 0.5) is 0 Å². The molecule has 1 aromatic heterocycles. The summed E-state index contributed by atoms with van der Waals surface area (Å²) < 4.78 is 9.40. The minimum atomic E-state index is -0.752. The lowest BCUT2D eigenvalue weighted by molar-refractivity contribution is -0.140. The quantitative estimate of drug-likeness (QED) is 0.740. The van der Waals surface area contributed by atoms with E-state index in [9.17, 15) is 4.79 Å². The van der Waals surface area contributed by atoms with E-state index in [1.165, 1.54) is 0 Å². The van der Waals surface area contributed by atoms with Gasteiger partial charge in [0.25, 0.3) is 0 Å². The van der Waals surface area contributed by atoms with Crippen molar-refractivity contribution in [2.45, 2.75) is 18.3 Å². The van der Waals surface area contributed by atoms with Gasteiger partial charge in [-0.25, -0.2) is 0 Å². The van der Waals surface area contributed by atoms with E-state index in [4.69, 9.17) is 9.68 Å². The van der Waals surface area contributed by atoms with Crippen LogP contribution in [-0.4, -0.2) is 11.1 Å². The van der Waals surface area contributed by atoms with E-state index in [0.717, 1.165) is 5.56 Å². The lowest BCUT2D eigenvalue weighted by Gasteiger charge is -2.10. The molecular weight excluding hydrogens is 184 g/mol. The first-order valence-corrected chi connectivity index (χ1v) is 4.45. The molecule has 0 unspecified atom stereocenters. The molecule has 1 aromatic carbocycles. The molecule has 1 heterocycles. The van der Waals surface area contributed by atoms with Crippen LogP contribution in [0.25, 0.3) is 11.2 Å². The van der Waals surface area contributed by atoms with Crippen molar-refractivity contribution in [1.29, 1.82) is 0 Å². The van der Waals surface area contributed by atoms with Gasteiger partial charge in [-0.05, 0) is 30.5 Å². The highest BCUT2D eigenvalue weighted by molar-refractivity contribution is 5.86. The van der Waals surface area contributed by atoms with Crippen LogP contribution in [-0.2, 0) is 10.2 Å². The molecule has 0 saturated heterocycles. The van der Waals surface area contributed by atoms with Gasteiger partial charge in [-0.1, -0.05) is 6.07 Å². The Kier molecular flexibility index (Phi) is 1.21. The number of hydrogen-bond acceptors (Lipinski definition) is 3.